The summed E-state index contributed by atoms with van der Waals surface area (Å²) in [4.78, 5) is 14.1. The van der Waals surface area contributed by atoms with Gasteiger partial charge in [-0.15, -0.1) is 10.2 Å². The molecule has 19 heavy (non-hydrogen) atoms. The average molecular weight is 304 g/mol. The largest absolute Gasteiger partial charge is 0.379 e. The lowest BCUT2D eigenvalue weighted by atomic mass is 9.95. The number of ether oxygens (including phenoxy) is 1. The molecule has 0 aliphatic carbocycles. The van der Waals surface area contributed by atoms with Crippen LogP contribution in [0.1, 0.15) is 23.7 Å². The Kier molecular flexibility index (Phi) is 4.60. The van der Waals surface area contributed by atoms with Gasteiger partial charge in [-0.05, 0) is 18.4 Å². The van der Waals surface area contributed by atoms with Gasteiger partial charge in [-0.25, -0.2) is 0 Å². The van der Waals surface area contributed by atoms with Crippen LogP contribution in [0.2, 0.25) is 10.3 Å². The van der Waals surface area contributed by atoms with Gasteiger partial charge < -0.3 is 9.64 Å². The molecule has 1 aromatic rings. The van der Waals surface area contributed by atoms with E-state index in [1.54, 1.807) is 12.0 Å². The standard InChI is InChI=1S/C12H15Cl2N3O2/c1-7-3-4-17(6-9(7)19-2)12(18)8-5-10(13)15-16-11(8)14/h5,7,9H,3-4,6H2,1-2H3. The first-order valence-corrected chi connectivity index (χ1v) is 6.79. The van der Waals surface area contributed by atoms with E-state index in [-0.39, 0.29) is 27.9 Å². The van der Waals surface area contributed by atoms with Crippen LogP contribution in [-0.4, -0.2) is 47.3 Å². The summed E-state index contributed by atoms with van der Waals surface area (Å²) >= 11 is 11.6. The second-order valence-corrected chi connectivity index (χ2v) is 5.41. The molecule has 1 aromatic heterocycles. The predicted octanol–water partition coefficient (Wildman–Crippen LogP) is 2.28. The van der Waals surface area contributed by atoms with Crippen LogP contribution in [0.15, 0.2) is 6.07 Å². The van der Waals surface area contributed by atoms with E-state index < -0.39 is 0 Å². The van der Waals surface area contributed by atoms with Crippen molar-refractivity contribution in [1.82, 2.24) is 15.1 Å². The number of likely N-dealkylation sites (tertiary alicyclic amines) is 1. The maximum atomic E-state index is 12.4. The van der Waals surface area contributed by atoms with Gasteiger partial charge in [0.2, 0.25) is 0 Å². The maximum Gasteiger partial charge on any atom is 0.257 e. The quantitative estimate of drug-likeness (QED) is 0.841. The third kappa shape index (κ3) is 3.16. The molecule has 1 amide bonds. The minimum Gasteiger partial charge on any atom is -0.379 e. The van der Waals surface area contributed by atoms with Gasteiger partial charge in [-0.1, -0.05) is 30.1 Å². The topological polar surface area (TPSA) is 55.3 Å². The highest BCUT2D eigenvalue weighted by molar-refractivity contribution is 6.34. The van der Waals surface area contributed by atoms with Crippen LogP contribution in [0.25, 0.3) is 0 Å². The van der Waals surface area contributed by atoms with Gasteiger partial charge in [0.1, 0.15) is 0 Å². The fourth-order valence-corrected chi connectivity index (χ4v) is 2.52. The van der Waals surface area contributed by atoms with Gasteiger partial charge in [0, 0.05) is 20.2 Å². The molecule has 0 spiro atoms. The Morgan fingerprint density at radius 2 is 2.21 bits per heavy atom. The Hall–Kier alpha value is -0.910. The SMILES string of the molecule is COC1CN(C(=O)c2cc(Cl)nnc2Cl)CCC1C. The van der Waals surface area contributed by atoms with Gasteiger partial charge in [0.15, 0.2) is 10.3 Å². The van der Waals surface area contributed by atoms with Crippen molar-refractivity contribution in [1.29, 1.82) is 0 Å². The first kappa shape index (κ1) is 14.5. The summed E-state index contributed by atoms with van der Waals surface area (Å²) < 4.78 is 5.39. The van der Waals surface area contributed by atoms with Gasteiger partial charge >= 0.3 is 0 Å². The van der Waals surface area contributed by atoms with Crippen LogP contribution < -0.4 is 0 Å². The van der Waals surface area contributed by atoms with Crippen molar-refractivity contribution >= 4 is 29.1 Å². The second-order valence-electron chi connectivity index (χ2n) is 4.66. The molecule has 2 rings (SSSR count). The number of piperidine rings is 1. The van der Waals surface area contributed by atoms with Crippen LogP contribution in [0.4, 0.5) is 0 Å². The first-order valence-electron chi connectivity index (χ1n) is 6.03. The van der Waals surface area contributed by atoms with E-state index in [0.29, 0.717) is 19.0 Å². The van der Waals surface area contributed by atoms with Gasteiger partial charge in [-0.3, -0.25) is 4.79 Å². The van der Waals surface area contributed by atoms with Gasteiger partial charge in [0.05, 0.1) is 11.7 Å². The number of nitrogens with zero attached hydrogens (tertiary/aromatic N) is 3. The maximum absolute atomic E-state index is 12.4. The summed E-state index contributed by atoms with van der Waals surface area (Å²) in [6.07, 6.45) is 0.940. The van der Waals surface area contributed by atoms with E-state index in [1.807, 2.05) is 0 Å². The molecule has 2 unspecified atom stereocenters. The average Bonchev–Trinajstić information content (AvgIpc) is 2.41. The molecule has 1 fully saturated rings. The summed E-state index contributed by atoms with van der Waals surface area (Å²) in [7, 11) is 1.66. The molecule has 0 aromatic carbocycles. The number of carbonyl (C=O) groups excluding carboxylic acids is 1. The first-order chi connectivity index (χ1) is 9.02. The lowest BCUT2D eigenvalue weighted by Gasteiger charge is -2.36. The van der Waals surface area contributed by atoms with E-state index >= 15 is 0 Å². The fourth-order valence-electron chi connectivity index (χ4n) is 2.20. The molecule has 1 aliphatic heterocycles. The van der Waals surface area contributed by atoms with E-state index in [1.165, 1.54) is 6.07 Å². The number of hydrogen-bond acceptors (Lipinski definition) is 4. The predicted molar refractivity (Wildman–Crippen MR) is 72.5 cm³/mol. The van der Waals surface area contributed by atoms with Crippen molar-refractivity contribution in [3.63, 3.8) is 0 Å². The number of carbonyl (C=O) groups is 1. The molecule has 104 valence electrons. The molecular weight excluding hydrogens is 289 g/mol. The molecule has 2 heterocycles. The number of hydrogen-bond donors (Lipinski definition) is 0. The zero-order valence-corrected chi connectivity index (χ0v) is 12.3. The number of rotatable bonds is 2. The van der Waals surface area contributed by atoms with E-state index in [2.05, 4.69) is 17.1 Å². The Morgan fingerprint density at radius 1 is 1.47 bits per heavy atom. The van der Waals surface area contributed by atoms with Crippen LogP contribution >= 0.6 is 23.2 Å². The summed E-state index contributed by atoms with van der Waals surface area (Å²) in [5.74, 6) is 0.249. The van der Waals surface area contributed by atoms with Gasteiger partial charge in [-0.2, -0.15) is 0 Å². The zero-order chi connectivity index (χ0) is 14.0. The lowest BCUT2D eigenvalue weighted by molar-refractivity contribution is -0.00158. The summed E-state index contributed by atoms with van der Waals surface area (Å²) in [5, 5.41) is 7.48. The number of methoxy groups -OCH3 is 1. The minimum atomic E-state index is -0.184. The molecule has 2 atom stereocenters. The van der Waals surface area contributed by atoms with Crippen molar-refractivity contribution in [3.8, 4) is 0 Å². The summed E-state index contributed by atoms with van der Waals surface area (Å²) in [6.45, 7) is 3.34. The smallest absolute Gasteiger partial charge is 0.257 e. The Morgan fingerprint density at radius 3 is 2.89 bits per heavy atom. The van der Waals surface area contributed by atoms with Crippen LogP contribution in [0.3, 0.4) is 0 Å². The molecule has 5 nitrogen and oxygen atoms in total. The molecule has 0 bridgehead atoms. The molecule has 1 saturated heterocycles. The normalized spacial score (nSPS) is 23.5. The molecular formula is C12H15Cl2N3O2. The zero-order valence-electron chi connectivity index (χ0n) is 10.8. The highest BCUT2D eigenvalue weighted by atomic mass is 35.5. The van der Waals surface area contributed by atoms with E-state index in [4.69, 9.17) is 27.9 Å². The number of aromatic nitrogens is 2. The van der Waals surface area contributed by atoms with Crippen LogP contribution in [0, 0.1) is 5.92 Å². The van der Waals surface area contributed by atoms with Crippen molar-refractivity contribution in [2.24, 2.45) is 5.92 Å². The van der Waals surface area contributed by atoms with E-state index in [0.717, 1.165) is 6.42 Å². The molecule has 0 N–H and O–H groups in total. The second kappa shape index (κ2) is 6.03. The van der Waals surface area contributed by atoms with Crippen molar-refractivity contribution < 1.29 is 9.53 Å². The monoisotopic (exact) mass is 303 g/mol. The molecule has 1 aliphatic rings. The molecule has 0 saturated carbocycles. The van der Waals surface area contributed by atoms with Crippen molar-refractivity contribution in [2.75, 3.05) is 20.2 Å². The minimum absolute atomic E-state index is 0.0433. The Labute approximate surface area is 121 Å². The van der Waals surface area contributed by atoms with Crippen molar-refractivity contribution in [2.45, 2.75) is 19.4 Å². The lowest BCUT2D eigenvalue weighted by Crippen LogP contribution is -2.46. The number of amides is 1. The van der Waals surface area contributed by atoms with Gasteiger partial charge in [0.25, 0.3) is 5.91 Å². The van der Waals surface area contributed by atoms with Crippen molar-refractivity contribution in [3.05, 3.63) is 21.9 Å². The Bertz CT molecular complexity index is 484. The molecule has 0 radical (unpaired) electrons. The van der Waals surface area contributed by atoms with Crippen LogP contribution in [-0.2, 0) is 4.74 Å². The highest BCUT2D eigenvalue weighted by Gasteiger charge is 2.30. The van der Waals surface area contributed by atoms with E-state index in [9.17, 15) is 4.79 Å². The summed E-state index contributed by atoms with van der Waals surface area (Å²) in [5.41, 5.74) is 0.283. The molecule has 7 heteroatoms. The Balaban J connectivity index is 2.18. The summed E-state index contributed by atoms with van der Waals surface area (Å²) in [6, 6.07) is 1.44. The fraction of sp³-hybridized carbons (Fsp3) is 0.583. The third-order valence-electron chi connectivity index (χ3n) is 3.43. The number of halogens is 2. The third-order valence-corrected chi connectivity index (χ3v) is 3.89. The highest BCUT2D eigenvalue weighted by Crippen LogP contribution is 2.23. The van der Waals surface area contributed by atoms with Crippen LogP contribution in [0.5, 0.6) is 0 Å².